The molecule has 17 heavy (non-hydrogen) atoms. The van der Waals surface area contributed by atoms with Crippen LogP contribution in [0.1, 0.15) is 16.7 Å². The highest BCUT2D eigenvalue weighted by Crippen LogP contribution is 2.42. The van der Waals surface area contributed by atoms with Crippen LogP contribution in [0.25, 0.3) is 11.3 Å². The first kappa shape index (κ1) is 11.3. The summed E-state index contributed by atoms with van der Waals surface area (Å²) in [6, 6.07) is 1.59. The summed E-state index contributed by atoms with van der Waals surface area (Å²) in [4.78, 5) is 0. The van der Waals surface area contributed by atoms with Crippen LogP contribution in [0, 0.1) is 20.8 Å². The number of hydrogen-bond donors (Lipinski definition) is 2. The molecule has 0 amide bonds. The summed E-state index contributed by atoms with van der Waals surface area (Å²) in [5.74, 6) is 0.0669. The summed E-state index contributed by atoms with van der Waals surface area (Å²) < 4.78 is 0. The van der Waals surface area contributed by atoms with E-state index in [4.69, 9.17) is 0 Å². The van der Waals surface area contributed by atoms with E-state index < -0.39 is 0 Å². The van der Waals surface area contributed by atoms with Gasteiger partial charge in [0.05, 0.1) is 11.8 Å². The quantitative estimate of drug-likeness (QED) is 0.783. The van der Waals surface area contributed by atoms with Crippen LogP contribution in [0.2, 0.25) is 0 Å². The van der Waals surface area contributed by atoms with E-state index in [1.807, 2.05) is 6.92 Å². The summed E-state index contributed by atoms with van der Waals surface area (Å²) in [6.45, 7) is 5.45. The maximum Gasteiger partial charge on any atom is 0.131 e. The molecule has 2 N–H and O–H groups in total. The molecule has 0 saturated carbocycles. The molecule has 2 rings (SSSR count). The van der Waals surface area contributed by atoms with Gasteiger partial charge in [-0.3, -0.25) is 0 Å². The lowest BCUT2D eigenvalue weighted by Crippen LogP contribution is -1.95. The zero-order valence-electron chi connectivity index (χ0n) is 9.89. The number of nitrogens with zero attached hydrogens (tertiary/aromatic N) is 3. The highest BCUT2D eigenvalue weighted by atomic mass is 16.3. The number of aromatic nitrogens is 3. The standard InChI is InChI=1S/C12H13N3O2/c1-6-7(2)11(16)10(12(17)8(6)3)9-4-5-13-15-14-9/h4-5,16-17H,1-3H3. The van der Waals surface area contributed by atoms with Crippen molar-refractivity contribution in [2.45, 2.75) is 20.8 Å². The van der Waals surface area contributed by atoms with E-state index in [1.54, 1.807) is 19.9 Å². The van der Waals surface area contributed by atoms with Gasteiger partial charge in [-0.05, 0) is 48.7 Å². The van der Waals surface area contributed by atoms with Gasteiger partial charge < -0.3 is 10.2 Å². The first-order valence-electron chi connectivity index (χ1n) is 5.20. The molecular formula is C12H13N3O2. The highest BCUT2D eigenvalue weighted by molar-refractivity contribution is 5.77. The van der Waals surface area contributed by atoms with Crippen LogP contribution in [-0.4, -0.2) is 25.6 Å². The maximum absolute atomic E-state index is 10.1. The average molecular weight is 231 g/mol. The predicted molar refractivity (Wildman–Crippen MR) is 62.8 cm³/mol. The van der Waals surface area contributed by atoms with Gasteiger partial charge in [0.25, 0.3) is 0 Å². The van der Waals surface area contributed by atoms with Gasteiger partial charge >= 0.3 is 0 Å². The normalized spacial score (nSPS) is 10.5. The van der Waals surface area contributed by atoms with Gasteiger partial charge in [-0.2, -0.15) is 0 Å². The topological polar surface area (TPSA) is 79.1 Å². The van der Waals surface area contributed by atoms with Gasteiger partial charge in [0.1, 0.15) is 17.2 Å². The van der Waals surface area contributed by atoms with Crippen molar-refractivity contribution in [1.82, 2.24) is 15.4 Å². The second kappa shape index (κ2) is 4.01. The molecular weight excluding hydrogens is 218 g/mol. The fourth-order valence-electron chi connectivity index (χ4n) is 1.74. The highest BCUT2D eigenvalue weighted by Gasteiger charge is 2.19. The zero-order valence-corrected chi connectivity index (χ0v) is 9.89. The molecule has 0 spiro atoms. The minimum atomic E-state index is 0.0334. The summed E-state index contributed by atoms with van der Waals surface area (Å²) in [5, 5.41) is 31.1. The molecule has 0 aliphatic rings. The number of hydrogen-bond acceptors (Lipinski definition) is 5. The van der Waals surface area contributed by atoms with E-state index in [-0.39, 0.29) is 11.5 Å². The minimum absolute atomic E-state index is 0.0334. The maximum atomic E-state index is 10.1. The zero-order chi connectivity index (χ0) is 12.6. The lowest BCUT2D eigenvalue weighted by Gasteiger charge is -2.14. The van der Waals surface area contributed by atoms with E-state index in [1.165, 1.54) is 6.20 Å². The molecule has 5 heteroatoms. The fraction of sp³-hybridized carbons (Fsp3) is 0.250. The first-order valence-corrected chi connectivity index (χ1v) is 5.20. The van der Waals surface area contributed by atoms with E-state index in [2.05, 4.69) is 15.4 Å². The second-order valence-corrected chi connectivity index (χ2v) is 3.95. The monoisotopic (exact) mass is 231 g/mol. The van der Waals surface area contributed by atoms with Crippen molar-refractivity contribution in [2.75, 3.05) is 0 Å². The lowest BCUT2D eigenvalue weighted by atomic mass is 9.96. The Morgan fingerprint density at radius 2 is 1.53 bits per heavy atom. The van der Waals surface area contributed by atoms with Crippen LogP contribution < -0.4 is 0 Å². The van der Waals surface area contributed by atoms with Crippen LogP contribution in [0.4, 0.5) is 0 Å². The number of aromatic hydroxyl groups is 2. The molecule has 1 aromatic carbocycles. The van der Waals surface area contributed by atoms with Gasteiger partial charge in [-0.25, -0.2) is 0 Å². The van der Waals surface area contributed by atoms with E-state index in [9.17, 15) is 10.2 Å². The molecule has 0 atom stereocenters. The van der Waals surface area contributed by atoms with Crippen LogP contribution in [0.5, 0.6) is 11.5 Å². The Kier molecular flexibility index (Phi) is 2.67. The molecule has 0 fully saturated rings. The Bertz CT molecular complexity index is 539. The molecule has 0 unspecified atom stereocenters. The van der Waals surface area contributed by atoms with Crippen molar-refractivity contribution in [2.24, 2.45) is 0 Å². The fourth-order valence-corrected chi connectivity index (χ4v) is 1.74. The second-order valence-electron chi connectivity index (χ2n) is 3.95. The van der Waals surface area contributed by atoms with Crippen molar-refractivity contribution in [1.29, 1.82) is 0 Å². The molecule has 0 bridgehead atoms. The molecule has 2 aromatic rings. The van der Waals surface area contributed by atoms with Gasteiger partial charge in [-0.1, -0.05) is 0 Å². The number of phenolic OH excluding ortho intramolecular Hbond substituents is 2. The van der Waals surface area contributed by atoms with Crippen LogP contribution in [-0.2, 0) is 0 Å². The first-order chi connectivity index (χ1) is 8.04. The predicted octanol–water partition coefficient (Wildman–Crippen LogP) is 1.88. The molecule has 0 aliphatic heterocycles. The SMILES string of the molecule is Cc1c(C)c(O)c(-c2ccnnn2)c(O)c1C. The third-order valence-electron chi connectivity index (χ3n) is 3.07. The van der Waals surface area contributed by atoms with Crippen molar-refractivity contribution in [3.8, 4) is 22.8 Å². The molecule has 0 radical (unpaired) electrons. The third-order valence-corrected chi connectivity index (χ3v) is 3.07. The largest absolute Gasteiger partial charge is 0.507 e. The molecule has 88 valence electrons. The Balaban J connectivity index is 2.80. The molecule has 5 nitrogen and oxygen atoms in total. The summed E-state index contributed by atoms with van der Waals surface area (Å²) >= 11 is 0. The molecule has 0 aliphatic carbocycles. The Hall–Kier alpha value is -2.17. The van der Waals surface area contributed by atoms with Crippen LogP contribution in [0.3, 0.4) is 0 Å². The van der Waals surface area contributed by atoms with E-state index >= 15 is 0 Å². The lowest BCUT2D eigenvalue weighted by molar-refractivity contribution is 0.447. The van der Waals surface area contributed by atoms with Gasteiger partial charge in [-0.15, -0.1) is 10.2 Å². The summed E-state index contributed by atoms with van der Waals surface area (Å²) in [6.07, 6.45) is 1.46. The Labute approximate surface area is 98.8 Å². The van der Waals surface area contributed by atoms with Crippen LogP contribution in [0.15, 0.2) is 12.3 Å². The van der Waals surface area contributed by atoms with Gasteiger partial charge in [0, 0.05) is 0 Å². The summed E-state index contributed by atoms with van der Waals surface area (Å²) in [5.41, 5.74) is 3.04. The Morgan fingerprint density at radius 1 is 0.941 bits per heavy atom. The van der Waals surface area contributed by atoms with Crippen molar-refractivity contribution >= 4 is 0 Å². The smallest absolute Gasteiger partial charge is 0.131 e. The molecule has 1 aromatic heterocycles. The van der Waals surface area contributed by atoms with Crippen molar-refractivity contribution in [3.05, 3.63) is 29.0 Å². The van der Waals surface area contributed by atoms with Crippen LogP contribution >= 0.6 is 0 Å². The van der Waals surface area contributed by atoms with Crippen molar-refractivity contribution < 1.29 is 10.2 Å². The number of rotatable bonds is 1. The minimum Gasteiger partial charge on any atom is -0.507 e. The average Bonchev–Trinajstić information content (AvgIpc) is 2.36. The third kappa shape index (κ3) is 1.69. The summed E-state index contributed by atoms with van der Waals surface area (Å²) in [7, 11) is 0. The van der Waals surface area contributed by atoms with Gasteiger partial charge in [0.15, 0.2) is 0 Å². The van der Waals surface area contributed by atoms with E-state index in [0.29, 0.717) is 11.3 Å². The Morgan fingerprint density at radius 3 is 2.00 bits per heavy atom. The molecule has 1 heterocycles. The van der Waals surface area contributed by atoms with Crippen molar-refractivity contribution in [3.63, 3.8) is 0 Å². The van der Waals surface area contributed by atoms with E-state index in [0.717, 1.165) is 16.7 Å². The molecule has 0 saturated heterocycles. The number of phenols is 2. The van der Waals surface area contributed by atoms with Gasteiger partial charge in [0.2, 0.25) is 0 Å². The number of benzene rings is 1.